The van der Waals surface area contributed by atoms with Crippen LogP contribution in [0.15, 0.2) is 53.7 Å². The molecule has 0 bridgehead atoms. The lowest BCUT2D eigenvalue weighted by atomic mass is 10.3. The fraction of sp³-hybridized carbons (Fsp3) is 0.316. The smallest absolute Gasteiger partial charge is 0.191 e. The van der Waals surface area contributed by atoms with Crippen LogP contribution >= 0.6 is 24.0 Å². The highest BCUT2D eigenvalue weighted by Gasteiger charge is 2.04. The maximum absolute atomic E-state index is 12.9. The number of halogens is 2. The van der Waals surface area contributed by atoms with Gasteiger partial charge in [-0.2, -0.15) is 0 Å². The summed E-state index contributed by atoms with van der Waals surface area (Å²) in [5.74, 6) is 1.89. The minimum atomic E-state index is -0.268. The Balaban J connectivity index is 0.00000280. The normalized spacial score (nSPS) is 11.1. The van der Waals surface area contributed by atoms with Crippen LogP contribution in [0.5, 0.6) is 5.75 Å². The second kappa shape index (κ2) is 11.4. The molecule has 0 aliphatic rings. The lowest BCUT2D eigenvalue weighted by molar-refractivity contribution is 0.310. The molecule has 0 saturated heterocycles. The number of nitrogens with zero attached hydrogens (tertiary/aromatic N) is 4. The number of ether oxygens (including phenoxy) is 1. The van der Waals surface area contributed by atoms with E-state index in [4.69, 9.17) is 4.74 Å². The van der Waals surface area contributed by atoms with Gasteiger partial charge in [-0.3, -0.25) is 4.40 Å². The van der Waals surface area contributed by atoms with Crippen molar-refractivity contribution in [2.45, 2.75) is 19.9 Å². The third-order valence-electron chi connectivity index (χ3n) is 3.80. The van der Waals surface area contributed by atoms with Crippen LogP contribution < -0.4 is 15.4 Å². The largest absolute Gasteiger partial charge is 0.494 e. The summed E-state index contributed by atoms with van der Waals surface area (Å²) in [7, 11) is 0. The molecule has 3 rings (SSSR count). The topological polar surface area (TPSA) is 75.8 Å². The Kier molecular flexibility index (Phi) is 8.92. The molecule has 1 aromatic carbocycles. The Hall–Kier alpha value is -2.43. The van der Waals surface area contributed by atoms with Crippen molar-refractivity contribution in [3.8, 4) is 5.75 Å². The Morgan fingerprint density at radius 1 is 1.14 bits per heavy atom. The molecule has 0 saturated carbocycles. The molecule has 2 aromatic heterocycles. The number of fused-ring (bicyclic) bond motifs is 1. The first kappa shape index (κ1) is 21.9. The molecule has 0 amide bonds. The molecule has 3 aromatic rings. The average molecular weight is 498 g/mol. The first-order valence-corrected chi connectivity index (χ1v) is 8.95. The molecule has 7 nitrogen and oxygen atoms in total. The van der Waals surface area contributed by atoms with E-state index in [-0.39, 0.29) is 29.8 Å². The van der Waals surface area contributed by atoms with Gasteiger partial charge in [-0.1, -0.05) is 6.07 Å². The van der Waals surface area contributed by atoms with Crippen molar-refractivity contribution in [3.63, 3.8) is 0 Å². The Bertz CT molecular complexity index is 884. The van der Waals surface area contributed by atoms with Gasteiger partial charge in [0, 0.05) is 19.3 Å². The molecule has 0 atom stereocenters. The predicted octanol–water partition coefficient (Wildman–Crippen LogP) is 3.01. The molecule has 9 heteroatoms. The molecule has 0 radical (unpaired) electrons. The maximum Gasteiger partial charge on any atom is 0.191 e. The molecular formula is C19H24FIN6O. The lowest BCUT2D eigenvalue weighted by Crippen LogP contribution is -2.38. The van der Waals surface area contributed by atoms with Crippen molar-refractivity contribution in [2.75, 3.05) is 19.7 Å². The van der Waals surface area contributed by atoms with Crippen LogP contribution in [0.25, 0.3) is 5.65 Å². The van der Waals surface area contributed by atoms with E-state index in [1.54, 1.807) is 12.1 Å². The SMILES string of the molecule is CCNC(=NCc1nnc2ccccn12)NCCCOc1ccc(F)cc1.I. The summed E-state index contributed by atoms with van der Waals surface area (Å²) in [5.41, 5.74) is 0.804. The van der Waals surface area contributed by atoms with Crippen molar-refractivity contribution < 1.29 is 9.13 Å². The van der Waals surface area contributed by atoms with Crippen LogP contribution in [0, 0.1) is 5.82 Å². The first-order chi connectivity index (χ1) is 13.3. The number of rotatable bonds is 8. The molecule has 28 heavy (non-hydrogen) atoms. The van der Waals surface area contributed by atoms with Gasteiger partial charge in [0.1, 0.15) is 18.1 Å². The van der Waals surface area contributed by atoms with E-state index in [1.807, 2.05) is 35.7 Å². The molecule has 2 heterocycles. The van der Waals surface area contributed by atoms with E-state index in [0.717, 1.165) is 24.4 Å². The zero-order chi connectivity index (χ0) is 18.9. The van der Waals surface area contributed by atoms with E-state index in [9.17, 15) is 4.39 Å². The summed E-state index contributed by atoms with van der Waals surface area (Å²) >= 11 is 0. The third-order valence-corrected chi connectivity index (χ3v) is 3.80. The average Bonchev–Trinajstić information content (AvgIpc) is 3.10. The van der Waals surface area contributed by atoms with Crippen molar-refractivity contribution in [2.24, 2.45) is 4.99 Å². The van der Waals surface area contributed by atoms with Crippen molar-refractivity contribution in [3.05, 3.63) is 60.3 Å². The summed E-state index contributed by atoms with van der Waals surface area (Å²) < 4.78 is 20.4. The summed E-state index contributed by atoms with van der Waals surface area (Å²) in [6.07, 6.45) is 2.71. The van der Waals surface area contributed by atoms with Gasteiger partial charge in [0.05, 0.1) is 6.61 Å². The standard InChI is InChI=1S/C19H23FN6O.HI/c1-2-21-19(22-11-5-13-27-16-9-7-15(20)8-10-16)23-14-18-25-24-17-6-3-4-12-26(17)18;/h3-4,6-10,12H,2,5,11,13-14H2,1H3,(H2,21,22,23);1H. The van der Waals surface area contributed by atoms with Gasteiger partial charge < -0.3 is 15.4 Å². The zero-order valence-electron chi connectivity index (χ0n) is 15.6. The first-order valence-electron chi connectivity index (χ1n) is 8.95. The number of aliphatic imine (C=N–C) groups is 1. The predicted molar refractivity (Wildman–Crippen MR) is 118 cm³/mol. The van der Waals surface area contributed by atoms with Crippen molar-refractivity contribution in [1.29, 1.82) is 0 Å². The Morgan fingerprint density at radius 3 is 2.75 bits per heavy atom. The molecule has 150 valence electrons. The van der Waals surface area contributed by atoms with Crippen LogP contribution in [0.4, 0.5) is 4.39 Å². The van der Waals surface area contributed by atoms with Crippen LogP contribution in [0.3, 0.4) is 0 Å². The quantitative estimate of drug-likeness (QED) is 0.216. The number of guanidine groups is 1. The van der Waals surface area contributed by atoms with Crippen LogP contribution in [0.2, 0.25) is 0 Å². The summed E-state index contributed by atoms with van der Waals surface area (Å²) in [4.78, 5) is 4.56. The molecule has 0 aliphatic carbocycles. The van der Waals surface area contributed by atoms with Crippen LogP contribution in [-0.4, -0.2) is 40.3 Å². The van der Waals surface area contributed by atoms with Gasteiger partial charge in [-0.15, -0.1) is 34.2 Å². The fourth-order valence-electron chi connectivity index (χ4n) is 2.49. The summed E-state index contributed by atoms with van der Waals surface area (Å²) in [5, 5.41) is 14.8. The van der Waals surface area contributed by atoms with Gasteiger partial charge in [0.25, 0.3) is 0 Å². The number of pyridine rings is 1. The van der Waals surface area contributed by atoms with Crippen LogP contribution in [0.1, 0.15) is 19.2 Å². The lowest BCUT2D eigenvalue weighted by Gasteiger charge is -2.11. The number of benzene rings is 1. The van der Waals surface area contributed by atoms with Crippen molar-refractivity contribution in [1.82, 2.24) is 25.2 Å². The molecular weight excluding hydrogens is 474 g/mol. The molecule has 0 aliphatic heterocycles. The van der Waals surface area contributed by atoms with Gasteiger partial charge in [-0.25, -0.2) is 9.38 Å². The minimum Gasteiger partial charge on any atom is -0.494 e. The van der Waals surface area contributed by atoms with E-state index in [1.165, 1.54) is 12.1 Å². The monoisotopic (exact) mass is 498 g/mol. The number of nitrogens with one attached hydrogen (secondary N) is 2. The van der Waals surface area contributed by atoms with E-state index >= 15 is 0 Å². The Labute approximate surface area is 180 Å². The maximum atomic E-state index is 12.9. The highest BCUT2D eigenvalue weighted by molar-refractivity contribution is 14.0. The van der Waals surface area contributed by atoms with E-state index in [2.05, 4.69) is 25.8 Å². The van der Waals surface area contributed by atoms with Gasteiger partial charge in [0.2, 0.25) is 0 Å². The van der Waals surface area contributed by atoms with E-state index < -0.39 is 0 Å². The fourth-order valence-corrected chi connectivity index (χ4v) is 2.49. The van der Waals surface area contributed by atoms with E-state index in [0.29, 0.717) is 31.4 Å². The highest BCUT2D eigenvalue weighted by atomic mass is 127. The summed E-state index contributed by atoms with van der Waals surface area (Å²) in [6, 6.07) is 11.8. The zero-order valence-corrected chi connectivity index (χ0v) is 18.0. The second-order valence-corrected chi connectivity index (χ2v) is 5.82. The molecule has 0 spiro atoms. The van der Waals surface area contributed by atoms with Gasteiger partial charge in [0.15, 0.2) is 17.4 Å². The van der Waals surface area contributed by atoms with Crippen LogP contribution in [-0.2, 0) is 6.54 Å². The van der Waals surface area contributed by atoms with Crippen molar-refractivity contribution >= 4 is 35.6 Å². The van der Waals surface area contributed by atoms with Gasteiger partial charge >= 0.3 is 0 Å². The number of hydrogen-bond acceptors (Lipinski definition) is 4. The summed E-state index contributed by atoms with van der Waals surface area (Å²) in [6.45, 7) is 4.44. The minimum absolute atomic E-state index is 0. The number of aromatic nitrogens is 3. The van der Waals surface area contributed by atoms with Gasteiger partial charge in [-0.05, 0) is 49.7 Å². The number of hydrogen-bond donors (Lipinski definition) is 2. The third kappa shape index (κ3) is 6.32. The molecule has 0 fully saturated rings. The highest BCUT2D eigenvalue weighted by Crippen LogP contribution is 2.11. The molecule has 2 N–H and O–H groups in total. The second-order valence-electron chi connectivity index (χ2n) is 5.82. The Morgan fingerprint density at radius 2 is 1.96 bits per heavy atom. The molecule has 0 unspecified atom stereocenters.